The Morgan fingerprint density at radius 2 is 1.93 bits per heavy atom. The summed E-state index contributed by atoms with van der Waals surface area (Å²) < 4.78 is 0. The smallest absolute Gasteiger partial charge is 0.133 e. The first-order chi connectivity index (χ1) is 6.44. The van der Waals surface area contributed by atoms with E-state index in [4.69, 9.17) is 0 Å². The van der Waals surface area contributed by atoms with Crippen LogP contribution in [0, 0.1) is 16.7 Å². The molecule has 2 aliphatic carbocycles. The van der Waals surface area contributed by atoms with Crippen molar-refractivity contribution in [2.45, 2.75) is 59.3 Å². The van der Waals surface area contributed by atoms with Gasteiger partial charge in [0.1, 0.15) is 5.78 Å². The zero-order valence-corrected chi connectivity index (χ0v) is 9.73. The summed E-state index contributed by atoms with van der Waals surface area (Å²) in [5.41, 5.74) is 0.796. The van der Waals surface area contributed by atoms with Gasteiger partial charge in [-0.1, -0.05) is 27.2 Å². The van der Waals surface area contributed by atoms with Crippen molar-refractivity contribution in [2.24, 2.45) is 16.7 Å². The monoisotopic (exact) mass is 194 g/mol. The highest BCUT2D eigenvalue weighted by molar-refractivity contribution is 5.80. The van der Waals surface area contributed by atoms with Gasteiger partial charge in [0.05, 0.1) is 0 Å². The van der Waals surface area contributed by atoms with Crippen molar-refractivity contribution in [1.82, 2.24) is 0 Å². The van der Waals surface area contributed by atoms with Crippen molar-refractivity contribution >= 4 is 5.78 Å². The van der Waals surface area contributed by atoms with Gasteiger partial charge < -0.3 is 0 Å². The lowest BCUT2D eigenvalue weighted by atomic mass is 9.51. The van der Waals surface area contributed by atoms with E-state index in [0.717, 1.165) is 25.2 Å². The highest BCUT2D eigenvalue weighted by Crippen LogP contribution is 2.56. The minimum atomic E-state index is 0.330. The highest BCUT2D eigenvalue weighted by Gasteiger charge is 2.48. The molecule has 1 heteroatoms. The van der Waals surface area contributed by atoms with Gasteiger partial charge in [0.2, 0.25) is 0 Å². The number of fused-ring (bicyclic) bond motifs is 1. The van der Waals surface area contributed by atoms with Gasteiger partial charge in [-0.25, -0.2) is 0 Å². The first-order valence-corrected chi connectivity index (χ1v) is 5.96. The summed E-state index contributed by atoms with van der Waals surface area (Å²) >= 11 is 0. The van der Waals surface area contributed by atoms with Gasteiger partial charge in [0.15, 0.2) is 0 Å². The lowest BCUT2D eigenvalue weighted by Gasteiger charge is -2.53. The molecule has 0 saturated heterocycles. The topological polar surface area (TPSA) is 17.1 Å². The zero-order valence-electron chi connectivity index (χ0n) is 9.73. The second-order valence-electron chi connectivity index (χ2n) is 6.30. The van der Waals surface area contributed by atoms with Crippen molar-refractivity contribution in [1.29, 1.82) is 0 Å². The number of hydrogen-bond donors (Lipinski definition) is 0. The van der Waals surface area contributed by atoms with Crippen molar-refractivity contribution in [3.63, 3.8) is 0 Å². The Morgan fingerprint density at radius 3 is 2.64 bits per heavy atom. The molecule has 80 valence electrons. The maximum Gasteiger partial charge on any atom is 0.133 e. The Balaban J connectivity index is 2.25. The van der Waals surface area contributed by atoms with Gasteiger partial charge in [0, 0.05) is 12.8 Å². The van der Waals surface area contributed by atoms with Crippen molar-refractivity contribution in [2.75, 3.05) is 0 Å². The summed E-state index contributed by atoms with van der Waals surface area (Å²) in [6.07, 6.45) is 6.76. The van der Waals surface area contributed by atoms with Crippen LogP contribution in [0.4, 0.5) is 0 Å². The van der Waals surface area contributed by atoms with Crippen molar-refractivity contribution in [3.05, 3.63) is 0 Å². The molecule has 0 bridgehead atoms. The molecule has 2 fully saturated rings. The third-order valence-corrected chi connectivity index (χ3v) is 4.67. The molecule has 0 radical (unpaired) electrons. The number of carbonyl (C=O) groups excluding carboxylic acids is 1. The number of ketones is 1. The normalized spacial score (nSPS) is 41.9. The van der Waals surface area contributed by atoms with Crippen molar-refractivity contribution in [3.8, 4) is 0 Å². The maximum atomic E-state index is 11.5. The van der Waals surface area contributed by atoms with E-state index >= 15 is 0 Å². The Hall–Kier alpha value is -0.330. The van der Waals surface area contributed by atoms with Gasteiger partial charge in [-0.15, -0.1) is 0 Å². The molecule has 2 aliphatic rings. The molecule has 2 atom stereocenters. The molecule has 0 aromatic heterocycles. The minimum Gasteiger partial charge on any atom is -0.300 e. The van der Waals surface area contributed by atoms with Gasteiger partial charge in [-0.3, -0.25) is 4.79 Å². The Morgan fingerprint density at radius 1 is 1.21 bits per heavy atom. The average Bonchev–Trinajstić information content (AvgIpc) is 2.00. The van der Waals surface area contributed by atoms with Gasteiger partial charge in [-0.05, 0) is 36.0 Å². The summed E-state index contributed by atoms with van der Waals surface area (Å²) in [6.45, 7) is 7.13. The molecule has 0 heterocycles. The quantitative estimate of drug-likeness (QED) is 0.576. The molecule has 2 unspecified atom stereocenters. The van der Waals surface area contributed by atoms with Crippen LogP contribution >= 0.6 is 0 Å². The van der Waals surface area contributed by atoms with Crippen LogP contribution < -0.4 is 0 Å². The fraction of sp³-hybridized carbons (Fsp3) is 0.923. The molecule has 0 N–H and O–H groups in total. The van der Waals surface area contributed by atoms with E-state index in [-0.39, 0.29) is 0 Å². The Bertz CT molecular complexity index is 254. The Kier molecular flexibility index (Phi) is 2.24. The lowest BCUT2D eigenvalue weighted by molar-refractivity contribution is -0.131. The number of rotatable bonds is 0. The van der Waals surface area contributed by atoms with Crippen LogP contribution in [0.1, 0.15) is 59.3 Å². The van der Waals surface area contributed by atoms with Crippen LogP contribution in [-0.4, -0.2) is 5.78 Å². The van der Waals surface area contributed by atoms with E-state index in [9.17, 15) is 4.79 Å². The van der Waals surface area contributed by atoms with Gasteiger partial charge in [0.25, 0.3) is 0 Å². The third-order valence-electron chi connectivity index (χ3n) is 4.67. The number of hydrogen-bond acceptors (Lipinski definition) is 1. The number of carbonyl (C=O) groups is 1. The maximum absolute atomic E-state index is 11.5. The summed E-state index contributed by atoms with van der Waals surface area (Å²) in [4.78, 5) is 11.5. The van der Waals surface area contributed by atoms with E-state index in [1.54, 1.807) is 0 Å². The summed E-state index contributed by atoms with van der Waals surface area (Å²) in [5, 5.41) is 0. The van der Waals surface area contributed by atoms with Gasteiger partial charge in [-0.2, -0.15) is 0 Å². The van der Waals surface area contributed by atoms with E-state index in [0.29, 0.717) is 16.6 Å². The molecule has 0 aromatic carbocycles. The predicted molar refractivity (Wildman–Crippen MR) is 58.1 cm³/mol. The van der Waals surface area contributed by atoms with E-state index < -0.39 is 0 Å². The van der Waals surface area contributed by atoms with Crippen LogP contribution in [0.5, 0.6) is 0 Å². The van der Waals surface area contributed by atoms with Crippen LogP contribution in [0.25, 0.3) is 0 Å². The summed E-state index contributed by atoms with van der Waals surface area (Å²) in [7, 11) is 0. The fourth-order valence-electron chi connectivity index (χ4n) is 4.03. The number of Topliss-reactive ketones (excluding diaryl/α,β-unsaturated/α-hetero) is 1. The second-order valence-corrected chi connectivity index (χ2v) is 6.30. The van der Waals surface area contributed by atoms with Gasteiger partial charge >= 0.3 is 0 Å². The molecule has 2 saturated carbocycles. The van der Waals surface area contributed by atoms with Crippen LogP contribution in [0.2, 0.25) is 0 Å². The van der Waals surface area contributed by atoms with Crippen molar-refractivity contribution < 1.29 is 4.79 Å². The molecule has 0 amide bonds. The average molecular weight is 194 g/mol. The van der Waals surface area contributed by atoms with E-state index in [1.165, 1.54) is 19.3 Å². The third kappa shape index (κ3) is 1.51. The second kappa shape index (κ2) is 3.08. The van der Waals surface area contributed by atoms with Crippen LogP contribution in [0.15, 0.2) is 0 Å². The standard InChI is InChI=1S/C13H22O/c1-12(2)7-4-8-13(3)9-10(14)5-6-11(12)13/h11H,4-9H2,1-3H3. The SMILES string of the molecule is CC1(C)CCCC2(C)CC(=O)CCC12. The van der Waals surface area contributed by atoms with Crippen LogP contribution in [0.3, 0.4) is 0 Å². The summed E-state index contributed by atoms with van der Waals surface area (Å²) in [5.74, 6) is 1.28. The molecule has 1 nitrogen and oxygen atoms in total. The van der Waals surface area contributed by atoms with E-state index in [2.05, 4.69) is 20.8 Å². The molecule has 2 rings (SSSR count). The summed E-state index contributed by atoms with van der Waals surface area (Å²) in [6, 6.07) is 0. The molecular formula is C13H22O. The largest absolute Gasteiger partial charge is 0.300 e. The molecule has 0 aliphatic heterocycles. The lowest BCUT2D eigenvalue weighted by Crippen LogP contribution is -2.46. The Labute approximate surface area is 87.3 Å². The molecule has 0 spiro atoms. The first kappa shape index (κ1) is 10.2. The fourth-order valence-corrected chi connectivity index (χ4v) is 4.03. The first-order valence-electron chi connectivity index (χ1n) is 5.96. The molecule has 14 heavy (non-hydrogen) atoms. The molecule has 0 aromatic rings. The van der Waals surface area contributed by atoms with E-state index in [1.807, 2.05) is 0 Å². The highest BCUT2D eigenvalue weighted by atomic mass is 16.1. The minimum absolute atomic E-state index is 0.330. The molecular weight excluding hydrogens is 172 g/mol. The zero-order chi connectivity index (χ0) is 10.4. The predicted octanol–water partition coefficient (Wildman–Crippen LogP) is 3.57. The van der Waals surface area contributed by atoms with Crippen LogP contribution in [-0.2, 0) is 4.79 Å².